The molecule has 7 heteroatoms. The molecule has 3 aliphatic heterocycles. The lowest BCUT2D eigenvalue weighted by Gasteiger charge is -2.42. The van der Waals surface area contributed by atoms with Gasteiger partial charge in [0, 0.05) is 43.9 Å². The number of piperazine rings is 1. The van der Waals surface area contributed by atoms with Crippen LogP contribution in [0.1, 0.15) is 50.6 Å². The number of rotatable bonds is 4. The van der Waals surface area contributed by atoms with E-state index in [1.165, 1.54) is 0 Å². The van der Waals surface area contributed by atoms with E-state index < -0.39 is 0 Å². The first-order chi connectivity index (χ1) is 13.7. The predicted octanol–water partition coefficient (Wildman–Crippen LogP) is 2.20. The van der Waals surface area contributed by atoms with Crippen LogP contribution in [0.2, 0.25) is 0 Å². The van der Waals surface area contributed by atoms with Gasteiger partial charge in [-0.25, -0.2) is 0 Å². The fourth-order valence-corrected chi connectivity index (χ4v) is 4.85. The van der Waals surface area contributed by atoms with E-state index in [9.17, 15) is 4.79 Å². The molecule has 1 aromatic heterocycles. The van der Waals surface area contributed by atoms with E-state index in [4.69, 9.17) is 10.5 Å². The Bertz CT molecular complexity index is 758. The van der Waals surface area contributed by atoms with Gasteiger partial charge in [0.1, 0.15) is 11.9 Å². The monoisotopic (exact) mass is 383 g/mol. The van der Waals surface area contributed by atoms with Crippen molar-refractivity contribution in [1.29, 1.82) is 0 Å². The number of aliphatic imine (C=N–C) groups is 1. The lowest BCUT2D eigenvalue weighted by molar-refractivity contribution is -0.135. The summed E-state index contributed by atoms with van der Waals surface area (Å²) in [4.78, 5) is 26.2. The maximum atomic E-state index is 12.7. The molecule has 150 valence electrons. The van der Waals surface area contributed by atoms with E-state index in [1.807, 2.05) is 6.07 Å². The Hall–Kier alpha value is -2.15. The zero-order valence-electron chi connectivity index (χ0n) is 16.3. The van der Waals surface area contributed by atoms with Crippen LogP contribution in [0, 0.1) is 5.92 Å². The molecule has 3 atom stereocenters. The molecule has 1 saturated carbocycles. The average Bonchev–Trinajstić information content (AvgIpc) is 3.53. The molecule has 1 amide bonds. The summed E-state index contributed by atoms with van der Waals surface area (Å²) >= 11 is 0. The molecule has 0 radical (unpaired) electrons. The van der Waals surface area contributed by atoms with Crippen molar-refractivity contribution in [2.45, 2.75) is 63.3 Å². The molecule has 3 saturated heterocycles. The van der Waals surface area contributed by atoms with Crippen LogP contribution >= 0.6 is 0 Å². The van der Waals surface area contributed by atoms with E-state index >= 15 is 0 Å². The van der Waals surface area contributed by atoms with Gasteiger partial charge in [-0.05, 0) is 51.0 Å². The molecule has 0 aromatic carbocycles. The Labute approximate surface area is 165 Å². The Morgan fingerprint density at radius 3 is 2.64 bits per heavy atom. The van der Waals surface area contributed by atoms with Crippen LogP contribution in [0.5, 0.6) is 0 Å². The minimum Gasteiger partial charge on any atom is -0.395 e. The number of pyridine rings is 1. The summed E-state index contributed by atoms with van der Waals surface area (Å²) in [7, 11) is 0. The van der Waals surface area contributed by atoms with Crippen molar-refractivity contribution < 1.29 is 9.53 Å². The van der Waals surface area contributed by atoms with Crippen LogP contribution in [-0.2, 0) is 9.53 Å². The molecule has 1 aromatic rings. The van der Waals surface area contributed by atoms with Crippen molar-refractivity contribution in [2.24, 2.45) is 10.9 Å². The van der Waals surface area contributed by atoms with Gasteiger partial charge in [0.15, 0.2) is 0 Å². The third-order valence-electron chi connectivity index (χ3n) is 6.52. The number of fused-ring (bicyclic) bond motifs is 2. The number of ether oxygens (including phenoxy) is 1. The number of anilines is 2. The van der Waals surface area contributed by atoms with Gasteiger partial charge in [0.25, 0.3) is 0 Å². The molecule has 1 aliphatic carbocycles. The number of amides is 1. The number of hydrogen-bond donors (Lipinski definition) is 1. The topological polar surface area (TPSA) is 84.0 Å². The average molecular weight is 383 g/mol. The highest BCUT2D eigenvalue weighted by molar-refractivity contribution is 5.90. The van der Waals surface area contributed by atoms with Crippen molar-refractivity contribution in [1.82, 2.24) is 9.88 Å². The highest BCUT2D eigenvalue weighted by Gasteiger charge is 2.46. The fourth-order valence-electron chi connectivity index (χ4n) is 4.85. The minimum absolute atomic E-state index is 0.0774. The van der Waals surface area contributed by atoms with Crippen LogP contribution in [0.25, 0.3) is 0 Å². The number of carbonyl (C=O) groups excluding carboxylic acids is 1. The molecular weight excluding hydrogens is 354 g/mol. The summed E-state index contributed by atoms with van der Waals surface area (Å²) in [6, 6.07) is 2.61. The lowest BCUT2D eigenvalue weighted by Crippen LogP contribution is -2.56. The maximum absolute atomic E-state index is 12.7. The molecule has 2 N–H and O–H groups in total. The van der Waals surface area contributed by atoms with E-state index in [2.05, 4.69) is 19.8 Å². The molecular formula is C21H29N5O2. The zero-order chi connectivity index (χ0) is 19.1. The second kappa shape index (κ2) is 7.35. The van der Waals surface area contributed by atoms with Crippen molar-refractivity contribution in [3.63, 3.8) is 0 Å². The molecule has 7 nitrogen and oxygen atoms in total. The molecule has 28 heavy (non-hydrogen) atoms. The van der Waals surface area contributed by atoms with Crippen LogP contribution in [0.15, 0.2) is 17.3 Å². The highest BCUT2D eigenvalue weighted by Crippen LogP contribution is 2.39. The maximum Gasteiger partial charge on any atom is 0.226 e. The highest BCUT2D eigenvalue weighted by atomic mass is 16.5. The van der Waals surface area contributed by atoms with Gasteiger partial charge in [-0.2, -0.15) is 0 Å². The first-order valence-electron chi connectivity index (χ1n) is 10.7. The van der Waals surface area contributed by atoms with Gasteiger partial charge in [0.2, 0.25) is 5.91 Å². The Kier molecular flexibility index (Phi) is 4.70. The first-order valence-corrected chi connectivity index (χ1v) is 10.7. The lowest BCUT2D eigenvalue weighted by atomic mass is 10.1. The SMILES string of the molecule is Nc1c(N2CC3CCC(C2)N3C(=O)C2CC2)ccnc1C=NC1CCCCO1. The number of nitrogens with two attached hydrogens (primary N) is 1. The standard InChI is InChI=1S/C21H29N5O2/c22-20-17(11-24-19-3-1-2-10-28-19)23-9-8-18(20)25-12-15-6-7-16(13-25)26(15)21(27)14-4-5-14/h8-9,11,14-16,19H,1-7,10,12-13,22H2. The van der Waals surface area contributed by atoms with Crippen molar-refractivity contribution in [3.8, 4) is 0 Å². The summed E-state index contributed by atoms with van der Waals surface area (Å²) in [5.41, 5.74) is 8.86. The number of aromatic nitrogens is 1. The Balaban J connectivity index is 1.32. The van der Waals surface area contributed by atoms with Gasteiger partial charge in [-0.3, -0.25) is 14.8 Å². The van der Waals surface area contributed by atoms with E-state index in [0.717, 1.165) is 70.3 Å². The largest absolute Gasteiger partial charge is 0.395 e. The number of nitrogens with zero attached hydrogens (tertiary/aromatic N) is 4. The Morgan fingerprint density at radius 2 is 1.96 bits per heavy atom. The van der Waals surface area contributed by atoms with Crippen molar-refractivity contribution in [2.75, 3.05) is 30.3 Å². The smallest absolute Gasteiger partial charge is 0.226 e. The summed E-state index contributed by atoms with van der Waals surface area (Å²) < 4.78 is 5.67. The molecule has 4 heterocycles. The third kappa shape index (κ3) is 3.36. The summed E-state index contributed by atoms with van der Waals surface area (Å²) in [6.45, 7) is 2.48. The van der Waals surface area contributed by atoms with Crippen molar-refractivity contribution in [3.05, 3.63) is 18.0 Å². The normalized spacial score (nSPS) is 30.2. The quantitative estimate of drug-likeness (QED) is 0.806. The number of nitrogen functional groups attached to an aromatic ring is 1. The Morgan fingerprint density at radius 1 is 1.18 bits per heavy atom. The van der Waals surface area contributed by atoms with Crippen LogP contribution < -0.4 is 10.6 Å². The molecule has 4 fully saturated rings. The first kappa shape index (κ1) is 17.9. The molecule has 5 rings (SSSR count). The third-order valence-corrected chi connectivity index (χ3v) is 6.52. The van der Waals surface area contributed by atoms with E-state index in [1.54, 1.807) is 12.4 Å². The minimum atomic E-state index is -0.0774. The fraction of sp³-hybridized carbons (Fsp3) is 0.667. The van der Waals surface area contributed by atoms with Gasteiger partial charge < -0.3 is 20.3 Å². The van der Waals surface area contributed by atoms with Crippen molar-refractivity contribution >= 4 is 23.5 Å². The van der Waals surface area contributed by atoms with Crippen LogP contribution in [0.3, 0.4) is 0 Å². The predicted molar refractivity (Wildman–Crippen MR) is 108 cm³/mol. The van der Waals surface area contributed by atoms with Gasteiger partial charge in [-0.1, -0.05) is 0 Å². The van der Waals surface area contributed by atoms with Crippen LogP contribution in [-0.4, -0.2) is 60.0 Å². The second-order valence-corrected chi connectivity index (χ2v) is 8.54. The van der Waals surface area contributed by atoms with E-state index in [0.29, 0.717) is 35.3 Å². The molecule has 0 spiro atoms. The number of hydrogen-bond acceptors (Lipinski definition) is 6. The second-order valence-electron chi connectivity index (χ2n) is 8.54. The molecule has 2 bridgehead atoms. The van der Waals surface area contributed by atoms with Gasteiger partial charge in [-0.15, -0.1) is 0 Å². The van der Waals surface area contributed by atoms with E-state index in [-0.39, 0.29) is 6.23 Å². The molecule has 4 aliphatic rings. The zero-order valence-corrected chi connectivity index (χ0v) is 16.3. The molecule has 3 unspecified atom stereocenters. The van der Waals surface area contributed by atoms with Gasteiger partial charge in [0.05, 0.1) is 17.6 Å². The van der Waals surface area contributed by atoms with Gasteiger partial charge >= 0.3 is 0 Å². The number of carbonyl (C=O) groups is 1. The van der Waals surface area contributed by atoms with Crippen LogP contribution in [0.4, 0.5) is 11.4 Å². The summed E-state index contributed by atoms with van der Waals surface area (Å²) in [6.07, 6.45) is 11.0. The summed E-state index contributed by atoms with van der Waals surface area (Å²) in [5.74, 6) is 0.681. The summed E-state index contributed by atoms with van der Waals surface area (Å²) in [5, 5.41) is 0.